The average molecular weight is 666 g/mol. The number of ketones is 1. The Kier molecular flexibility index (Phi) is 9.15. The van der Waals surface area contributed by atoms with Gasteiger partial charge in [-0.15, -0.1) is 5.10 Å². The van der Waals surface area contributed by atoms with Gasteiger partial charge in [-0.25, -0.2) is 9.37 Å². The highest BCUT2D eigenvalue weighted by molar-refractivity contribution is 7.17. The molecule has 1 aromatic carbocycles. The van der Waals surface area contributed by atoms with E-state index >= 15 is 4.39 Å². The molecule has 0 bridgehead atoms. The Bertz CT molecular complexity index is 1910. The Hall–Kier alpha value is -4.38. The van der Waals surface area contributed by atoms with Crippen molar-refractivity contribution in [2.45, 2.75) is 19.4 Å². The first-order valence-electron chi connectivity index (χ1n) is 15.7. The van der Waals surface area contributed by atoms with Crippen LogP contribution in [0.3, 0.4) is 0 Å². The minimum atomic E-state index is -0.384. The maximum absolute atomic E-state index is 15.1. The van der Waals surface area contributed by atoms with Gasteiger partial charge in [-0.2, -0.15) is 9.50 Å². The fourth-order valence-electron chi connectivity index (χ4n) is 5.98. The molecule has 0 saturated carbocycles. The van der Waals surface area contributed by atoms with Crippen molar-refractivity contribution >= 4 is 44.8 Å². The van der Waals surface area contributed by atoms with E-state index < -0.39 is 0 Å². The van der Waals surface area contributed by atoms with Gasteiger partial charge in [0, 0.05) is 64.8 Å². The molecule has 0 amide bonds. The van der Waals surface area contributed by atoms with Gasteiger partial charge >= 0.3 is 4.87 Å². The molecular formula is C31H36FN9O5S. The van der Waals surface area contributed by atoms with Crippen molar-refractivity contribution < 1.29 is 23.1 Å². The third kappa shape index (κ3) is 6.86. The summed E-state index contributed by atoms with van der Waals surface area (Å²) in [6, 6.07) is 8.26. The monoisotopic (exact) mass is 665 g/mol. The number of morpholine rings is 1. The molecule has 4 aromatic heterocycles. The number of halogens is 1. The standard InChI is InChI=1S/C31H36FN9O5S/c32-23-19-22(46-20-21(42)3-1-7-37-14-17-44-18-15-37)5-6-24(23)39-11-8-38(9-12-39)10-13-40-28-26(47-31(40)43)29-34-27(25-4-2-16-45-25)36-41(29)30(33)35-28/h2,4-6,16,19H,1,3,7-15,17-18,20H2,(H2,33,35). The first kappa shape index (κ1) is 31.2. The smallest absolute Gasteiger partial charge is 0.309 e. The molecule has 0 atom stereocenters. The number of hydrogen-bond donors (Lipinski definition) is 1. The lowest BCUT2D eigenvalue weighted by Crippen LogP contribution is -2.47. The molecule has 2 saturated heterocycles. The number of fused-ring (bicyclic) bond motifs is 3. The van der Waals surface area contributed by atoms with Gasteiger partial charge in [-0.3, -0.25) is 24.0 Å². The molecule has 248 valence electrons. The Morgan fingerprint density at radius 3 is 2.57 bits per heavy atom. The molecule has 2 aliphatic heterocycles. The van der Waals surface area contributed by atoms with E-state index in [0.717, 1.165) is 50.6 Å². The van der Waals surface area contributed by atoms with Crippen molar-refractivity contribution in [1.82, 2.24) is 33.9 Å². The number of nitrogen functional groups attached to an aromatic ring is 1. The zero-order valence-corrected chi connectivity index (χ0v) is 26.7. The van der Waals surface area contributed by atoms with Crippen molar-refractivity contribution in [1.29, 1.82) is 0 Å². The molecule has 14 nitrogen and oxygen atoms in total. The van der Waals surface area contributed by atoms with Crippen molar-refractivity contribution in [2.75, 3.05) is 82.8 Å². The number of ether oxygens (including phenoxy) is 2. The van der Waals surface area contributed by atoms with Crippen LogP contribution in [0.25, 0.3) is 27.6 Å². The van der Waals surface area contributed by atoms with Gasteiger partial charge in [0.2, 0.25) is 11.8 Å². The second kappa shape index (κ2) is 13.8. The second-order valence-electron chi connectivity index (χ2n) is 11.6. The van der Waals surface area contributed by atoms with Crippen LogP contribution in [0.2, 0.25) is 0 Å². The third-order valence-electron chi connectivity index (χ3n) is 8.56. The number of nitrogens with two attached hydrogens (primary N) is 1. The summed E-state index contributed by atoms with van der Waals surface area (Å²) < 4.78 is 35.1. The molecule has 2 aliphatic rings. The number of aromatic nitrogens is 5. The fourth-order valence-corrected chi connectivity index (χ4v) is 6.92. The number of benzene rings is 1. The van der Waals surface area contributed by atoms with Gasteiger partial charge in [0.05, 0.1) is 25.2 Å². The molecule has 5 aromatic rings. The van der Waals surface area contributed by atoms with Crippen molar-refractivity contribution in [3.63, 3.8) is 0 Å². The van der Waals surface area contributed by atoms with Gasteiger partial charge in [0.25, 0.3) is 0 Å². The van der Waals surface area contributed by atoms with Crippen LogP contribution < -0.4 is 20.2 Å². The fraction of sp³-hybridized carbons (Fsp3) is 0.452. The van der Waals surface area contributed by atoms with Crippen LogP contribution in [0.4, 0.5) is 16.0 Å². The summed E-state index contributed by atoms with van der Waals surface area (Å²) in [5, 5.41) is 4.40. The quantitative estimate of drug-likeness (QED) is 0.209. The van der Waals surface area contributed by atoms with E-state index in [1.807, 2.05) is 4.90 Å². The van der Waals surface area contributed by atoms with Crippen LogP contribution in [-0.4, -0.2) is 112 Å². The van der Waals surface area contributed by atoms with Gasteiger partial charge in [-0.05, 0) is 37.2 Å². The highest BCUT2D eigenvalue weighted by Crippen LogP contribution is 2.27. The van der Waals surface area contributed by atoms with Gasteiger partial charge in [0.1, 0.15) is 22.9 Å². The van der Waals surface area contributed by atoms with Gasteiger partial charge in [0.15, 0.2) is 22.8 Å². The minimum Gasteiger partial charge on any atom is -0.486 e. The normalized spacial score (nSPS) is 16.4. The lowest BCUT2D eigenvalue weighted by molar-refractivity contribution is -0.121. The van der Waals surface area contributed by atoms with Crippen LogP contribution in [0.15, 0.2) is 45.8 Å². The number of thiazole rings is 1. The number of carbonyl (C=O) groups excluding carboxylic acids is 1. The lowest BCUT2D eigenvalue weighted by Gasteiger charge is -2.36. The minimum absolute atomic E-state index is 0.00171. The number of piperazine rings is 1. The Morgan fingerprint density at radius 2 is 1.81 bits per heavy atom. The molecular weight excluding hydrogens is 629 g/mol. The average Bonchev–Trinajstić information content (AvgIpc) is 3.84. The molecule has 47 heavy (non-hydrogen) atoms. The number of rotatable bonds is 12. The van der Waals surface area contributed by atoms with Crippen LogP contribution >= 0.6 is 11.3 Å². The number of anilines is 2. The molecule has 6 heterocycles. The van der Waals surface area contributed by atoms with Crippen molar-refractivity contribution in [2.24, 2.45) is 0 Å². The summed E-state index contributed by atoms with van der Waals surface area (Å²) in [5.74, 6) is 0.944. The molecule has 0 aliphatic carbocycles. The van der Waals surface area contributed by atoms with Crippen molar-refractivity contribution in [3.05, 3.63) is 52.1 Å². The third-order valence-corrected chi connectivity index (χ3v) is 9.53. The molecule has 0 unspecified atom stereocenters. The largest absolute Gasteiger partial charge is 0.486 e. The summed E-state index contributed by atoms with van der Waals surface area (Å²) in [5.41, 5.74) is 7.63. The predicted octanol–water partition coefficient (Wildman–Crippen LogP) is 2.36. The molecule has 16 heteroatoms. The number of carbonyl (C=O) groups is 1. The van der Waals surface area contributed by atoms with Crippen LogP contribution in [0.5, 0.6) is 5.75 Å². The highest BCUT2D eigenvalue weighted by atomic mass is 32.1. The highest BCUT2D eigenvalue weighted by Gasteiger charge is 2.23. The predicted molar refractivity (Wildman–Crippen MR) is 175 cm³/mol. The molecule has 2 fully saturated rings. The van der Waals surface area contributed by atoms with Gasteiger partial charge in [-0.1, -0.05) is 11.3 Å². The first-order valence-corrected chi connectivity index (χ1v) is 16.6. The van der Waals surface area contributed by atoms with Crippen LogP contribution in [-0.2, 0) is 16.1 Å². The maximum Gasteiger partial charge on any atom is 0.309 e. The molecule has 2 N–H and O–H groups in total. The SMILES string of the molecule is Nc1nc2c(sc(=O)n2CCN2CCN(c3ccc(OCC(=O)CCCN4CCOCC4)cc3F)CC2)c2nc(-c3ccco3)nn12. The summed E-state index contributed by atoms with van der Waals surface area (Å²) in [6.45, 7) is 7.76. The summed E-state index contributed by atoms with van der Waals surface area (Å²) in [4.78, 5) is 40.7. The zero-order valence-electron chi connectivity index (χ0n) is 25.8. The van der Waals surface area contributed by atoms with E-state index in [1.165, 1.54) is 16.8 Å². The van der Waals surface area contributed by atoms with E-state index in [-0.39, 0.29) is 29.0 Å². The van der Waals surface area contributed by atoms with E-state index in [0.29, 0.717) is 84.7 Å². The van der Waals surface area contributed by atoms with E-state index in [9.17, 15) is 9.59 Å². The summed E-state index contributed by atoms with van der Waals surface area (Å²) in [7, 11) is 0. The topological polar surface area (TPSA) is 149 Å². The maximum atomic E-state index is 15.1. The lowest BCUT2D eigenvalue weighted by atomic mass is 10.2. The van der Waals surface area contributed by atoms with E-state index in [1.54, 1.807) is 28.8 Å². The van der Waals surface area contributed by atoms with E-state index in [2.05, 4.69) is 24.9 Å². The van der Waals surface area contributed by atoms with Crippen LogP contribution in [0.1, 0.15) is 12.8 Å². The van der Waals surface area contributed by atoms with Crippen LogP contribution in [0, 0.1) is 5.82 Å². The summed E-state index contributed by atoms with van der Waals surface area (Å²) in [6.07, 6.45) is 2.74. The molecule has 7 rings (SSSR count). The molecule has 0 radical (unpaired) electrons. The number of Topliss-reactive ketones (excluding diaryl/α,β-unsaturated/α-hetero) is 1. The van der Waals surface area contributed by atoms with E-state index in [4.69, 9.17) is 19.6 Å². The number of nitrogens with zero attached hydrogens (tertiary/aromatic N) is 8. The summed E-state index contributed by atoms with van der Waals surface area (Å²) >= 11 is 1.06. The first-order chi connectivity index (χ1) is 22.9. The number of hydrogen-bond acceptors (Lipinski definition) is 13. The Labute approximate surface area is 273 Å². The van der Waals surface area contributed by atoms with Gasteiger partial charge < -0.3 is 24.5 Å². The Balaban J connectivity index is 0.910. The van der Waals surface area contributed by atoms with Crippen molar-refractivity contribution in [3.8, 4) is 17.3 Å². The Morgan fingerprint density at radius 1 is 1.00 bits per heavy atom. The number of furan rings is 1. The second-order valence-corrected chi connectivity index (χ2v) is 12.6. The molecule has 0 spiro atoms. The zero-order chi connectivity index (χ0) is 32.3.